The van der Waals surface area contributed by atoms with Gasteiger partial charge in [0.25, 0.3) is 0 Å². The van der Waals surface area contributed by atoms with Gasteiger partial charge in [0.15, 0.2) is 0 Å². The van der Waals surface area contributed by atoms with Gasteiger partial charge in [-0.1, -0.05) is 6.07 Å². The third-order valence-corrected chi connectivity index (χ3v) is 2.68. The second kappa shape index (κ2) is 3.71. The molecule has 0 aliphatic carbocycles. The van der Waals surface area contributed by atoms with Crippen molar-refractivity contribution in [1.29, 1.82) is 0 Å². The average Bonchev–Trinajstić information content (AvgIpc) is 2.57. The van der Waals surface area contributed by atoms with Crippen molar-refractivity contribution in [3.63, 3.8) is 0 Å². The zero-order chi connectivity index (χ0) is 10.1. The zero-order valence-electron chi connectivity index (χ0n) is 8.51. The summed E-state index contributed by atoms with van der Waals surface area (Å²) in [6, 6.07) is 3.38. The first-order valence-corrected chi connectivity index (χ1v) is 4.70. The lowest BCUT2D eigenvalue weighted by molar-refractivity contribution is 0.344. The van der Waals surface area contributed by atoms with Crippen LogP contribution in [0, 0.1) is 12.7 Å². The Labute approximate surface area is 84.0 Å². The van der Waals surface area contributed by atoms with Gasteiger partial charge < -0.3 is 9.47 Å². The maximum Gasteiger partial charge on any atom is 0.363 e. The second-order valence-electron chi connectivity index (χ2n) is 3.73. The first kappa shape index (κ1) is 9.68. The maximum atomic E-state index is 13.4. The molecule has 0 saturated heterocycles. The van der Waals surface area contributed by atoms with E-state index in [2.05, 4.69) is 4.81 Å². The molecule has 1 aromatic rings. The fourth-order valence-corrected chi connectivity index (χ4v) is 1.95. The number of aryl methyl sites for hydroxylation is 1. The molecule has 0 unspecified atom stereocenters. The van der Waals surface area contributed by atoms with Crippen molar-refractivity contribution >= 4 is 7.62 Å². The van der Waals surface area contributed by atoms with Gasteiger partial charge in [-0.15, -0.1) is 0 Å². The molecular weight excluding hydrogens is 180 g/mol. The number of halogens is 1. The van der Waals surface area contributed by atoms with Crippen molar-refractivity contribution in [2.45, 2.75) is 20.0 Å². The quantitative estimate of drug-likeness (QED) is 0.657. The number of hydrogen-bond acceptors (Lipinski definition) is 2. The van der Waals surface area contributed by atoms with Gasteiger partial charge in [-0.3, -0.25) is 0 Å². The molecular formula is C10H13BFNO. The van der Waals surface area contributed by atoms with E-state index in [0.717, 1.165) is 17.7 Å². The van der Waals surface area contributed by atoms with Crippen molar-refractivity contribution in [3.05, 3.63) is 34.6 Å². The molecule has 2 rings (SSSR count). The summed E-state index contributed by atoms with van der Waals surface area (Å²) in [5.74, 6) is -0.0933. The Kier molecular flexibility index (Phi) is 2.57. The molecule has 0 spiro atoms. The average molecular weight is 193 g/mol. The van der Waals surface area contributed by atoms with Crippen LogP contribution in [0.5, 0.6) is 0 Å². The number of nitrogens with zero attached hydrogens (tertiary/aromatic N) is 1. The third-order valence-electron chi connectivity index (χ3n) is 2.68. The van der Waals surface area contributed by atoms with E-state index < -0.39 is 0 Å². The summed E-state index contributed by atoms with van der Waals surface area (Å²) in [6.07, 6.45) is 0. The monoisotopic (exact) mass is 193 g/mol. The Morgan fingerprint density at radius 3 is 2.71 bits per heavy atom. The Balaban J connectivity index is 2.29. The molecule has 74 valence electrons. The molecule has 0 amide bonds. The highest BCUT2D eigenvalue weighted by atomic mass is 19.1. The van der Waals surface area contributed by atoms with Crippen molar-refractivity contribution in [1.82, 2.24) is 4.81 Å². The van der Waals surface area contributed by atoms with Crippen LogP contribution < -0.4 is 0 Å². The topological polar surface area (TPSA) is 12.5 Å². The lowest BCUT2D eigenvalue weighted by Crippen LogP contribution is -2.22. The van der Waals surface area contributed by atoms with E-state index >= 15 is 0 Å². The van der Waals surface area contributed by atoms with Crippen LogP contribution in [0.25, 0.3) is 0 Å². The smallest absolute Gasteiger partial charge is 0.363 e. The van der Waals surface area contributed by atoms with Crippen LogP contribution in [-0.2, 0) is 17.7 Å². The molecule has 1 aromatic carbocycles. The van der Waals surface area contributed by atoms with Crippen molar-refractivity contribution in [3.8, 4) is 0 Å². The number of fused-ring (bicyclic) bond motifs is 1. The Morgan fingerprint density at radius 2 is 2.07 bits per heavy atom. The van der Waals surface area contributed by atoms with Crippen LogP contribution in [0.4, 0.5) is 4.39 Å². The molecule has 1 aliphatic heterocycles. The minimum Gasteiger partial charge on any atom is -0.427 e. The van der Waals surface area contributed by atoms with Crippen LogP contribution in [-0.4, -0.2) is 19.5 Å². The highest BCUT2D eigenvalue weighted by molar-refractivity contribution is 6.23. The molecule has 0 radical (unpaired) electrons. The normalized spacial score (nSPS) is 15.6. The van der Waals surface area contributed by atoms with Gasteiger partial charge in [-0.05, 0) is 24.1 Å². The van der Waals surface area contributed by atoms with Gasteiger partial charge in [0.1, 0.15) is 5.82 Å². The van der Waals surface area contributed by atoms with E-state index in [1.165, 1.54) is 5.56 Å². The highest BCUT2D eigenvalue weighted by Crippen LogP contribution is 2.27. The van der Waals surface area contributed by atoms with Gasteiger partial charge in [0.05, 0.1) is 0 Å². The molecule has 0 N–H and O–H groups in total. The van der Waals surface area contributed by atoms with E-state index in [9.17, 15) is 4.39 Å². The molecule has 14 heavy (non-hydrogen) atoms. The lowest BCUT2D eigenvalue weighted by atomic mass is 10.0. The van der Waals surface area contributed by atoms with Gasteiger partial charge in [0, 0.05) is 25.8 Å². The largest absolute Gasteiger partial charge is 0.427 e. The molecule has 1 heterocycles. The van der Waals surface area contributed by atoms with Crippen LogP contribution in [0.2, 0.25) is 0 Å². The first-order valence-electron chi connectivity index (χ1n) is 4.70. The molecule has 2 nitrogen and oxygen atoms in total. The lowest BCUT2D eigenvalue weighted by Gasteiger charge is -2.10. The van der Waals surface area contributed by atoms with Crippen LogP contribution >= 0.6 is 0 Å². The molecule has 4 heteroatoms. The van der Waals surface area contributed by atoms with Crippen molar-refractivity contribution < 1.29 is 9.04 Å². The minimum atomic E-state index is -0.0933. The molecule has 0 bridgehead atoms. The Morgan fingerprint density at radius 1 is 1.36 bits per heavy atom. The number of benzene rings is 1. The second-order valence-corrected chi connectivity index (χ2v) is 3.73. The van der Waals surface area contributed by atoms with Crippen LogP contribution in [0.1, 0.15) is 16.7 Å². The molecule has 0 atom stereocenters. The zero-order valence-corrected chi connectivity index (χ0v) is 8.51. The van der Waals surface area contributed by atoms with Gasteiger partial charge in [-0.2, -0.15) is 0 Å². The fraction of sp³-hybridized carbons (Fsp3) is 0.400. The summed E-state index contributed by atoms with van der Waals surface area (Å²) in [7, 11) is 2.22. The summed E-state index contributed by atoms with van der Waals surface area (Å²) in [5.41, 5.74) is 3.13. The number of rotatable bonds is 2. The van der Waals surface area contributed by atoms with Gasteiger partial charge in [0.2, 0.25) is 0 Å². The molecule has 0 aromatic heterocycles. The van der Waals surface area contributed by atoms with Gasteiger partial charge in [-0.25, -0.2) is 4.39 Å². The fourth-order valence-electron chi connectivity index (χ4n) is 1.95. The van der Waals surface area contributed by atoms with E-state index in [4.69, 9.17) is 4.65 Å². The van der Waals surface area contributed by atoms with E-state index in [-0.39, 0.29) is 5.82 Å². The van der Waals surface area contributed by atoms with E-state index in [0.29, 0.717) is 14.2 Å². The summed E-state index contributed by atoms with van der Waals surface area (Å²) < 4.78 is 18.5. The summed E-state index contributed by atoms with van der Waals surface area (Å²) in [4.78, 5) is 2.08. The molecule has 0 saturated carbocycles. The standard InChI is InChI=1S/C10H13BFNO/c1-7-3-4-10(12)9-6-13(11-14-2)5-8(7)9/h3-4,11H,5-6H2,1-2H3. The van der Waals surface area contributed by atoms with Crippen molar-refractivity contribution in [2.24, 2.45) is 0 Å². The third kappa shape index (κ3) is 1.55. The highest BCUT2D eigenvalue weighted by Gasteiger charge is 2.23. The van der Waals surface area contributed by atoms with Crippen LogP contribution in [0.3, 0.4) is 0 Å². The van der Waals surface area contributed by atoms with Gasteiger partial charge >= 0.3 is 7.62 Å². The Bertz CT molecular complexity index is 325. The maximum absolute atomic E-state index is 13.4. The molecule has 0 fully saturated rings. The number of hydrogen-bond donors (Lipinski definition) is 0. The van der Waals surface area contributed by atoms with E-state index in [1.54, 1.807) is 13.2 Å². The summed E-state index contributed by atoms with van der Waals surface area (Å²) in [5, 5.41) is 0. The Hall–Kier alpha value is -0.865. The summed E-state index contributed by atoms with van der Waals surface area (Å²) >= 11 is 0. The molecule has 1 aliphatic rings. The predicted molar refractivity (Wildman–Crippen MR) is 54.5 cm³/mol. The minimum absolute atomic E-state index is 0.0933. The predicted octanol–water partition coefficient (Wildman–Crippen LogP) is 1.36. The SMILES string of the molecule is COBN1Cc2c(C)ccc(F)c2C1. The summed E-state index contributed by atoms with van der Waals surface area (Å²) in [6.45, 7) is 3.48. The first-order chi connectivity index (χ1) is 6.72. The van der Waals surface area contributed by atoms with Crippen molar-refractivity contribution in [2.75, 3.05) is 7.11 Å². The van der Waals surface area contributed by atoms with Crippen LogP contribution in [0.15, 0.2) is 12.1 Å². The van der Waals surface area contributed by atoms with E-state index in [1.807, 2.05) is 13.0 Å².